The molecule has 1 aromatic carbocycles. The summed E-state index contributed by atoms with van der Waals surface area (Å²) < 4.78 is 0. The van der Waals surface area contributed by atoms with Gasteiger partial charge in [0.15, 0.2) is 0 Å². The summed E-state index contributed by atoms with van der Waals surface area (Å²) in [6.07, 6.45) is 6.79. The summed E-state index contributed by atoms with van der Waals surface area (Å²) in [5.41, 5.74) is 3.00. The largest absolute Gasteiger partial charge is 0.329 e. The monoisotopic (exact) mass is 344 g/mol. The molecule has 4 aromatic rings. The third kappa shape index (κ3) is 2.98. The standard InChI is InChI=1S/C19H16N6O/c1-25(15-6-9-20-10-7-15)18-16(3-2-8-21-18)19(26)23-14-4-5-17-13(11-14)12-22-24-17/h2-12H,1H3,(H,22,24)(H,23,26). The number of aromatic nitrogens is 4. The molecule has 0 bridgehead atoms. The van der Waals surface area contributed by atoms with Gasteiger partial charge in [-0.2, -0.15) is 5.10 Å². The molecule has 1 amide bonds. The molecule has 4 rings (SSSR count). The third-order valence-corrected chi connectivity index (χ3v) is 4.10. The Hall–Kier alpha value is -3.74. The number of nitrogens with zero attached hydrogens (tertiary/aromatic N) is 4. The molecule has 3 aromatic heterocycles. The first-order valence-corrected chi connectivity index (χ1v) is 8.05. The predicted molar refractivity (Wildman–Crippen MR) is 101 cm³/mol. The van der Waals surface area contributed by atoms with Gasteiger partial charge in [-0.05, 0) is 42.5 Å². The average Bonchev–Trinajstić information content (AvgIpc) is 3.16. The lowest BCUT2D eigenvalue weighted by molar-refractivity contribution is 0.102. The normalized spacial score (nSPS) is 10.7. The number of H-pyrrole nitrogens is 1. The molecule has 0 unspecified atom stereocenters. The van der Waals surface area contributed by atoms with Crippen LogP contribution >= 0.6 is 0 Å². The van der Waals surface area contributed by atoms with Crippen molar-refractivity contribution in [2.24, 2.45) is 0 Å². The fourth-order valence-electron chi connectivity index (χ4n) is 2.75. The van der Waals surface area contributed by atoms with Crippen LogP contribution in [0.15, 0.2) is 67.3 Å². The summed E-state index contributed by atoms with van der Waals surface area (Å²) in [6, 6.07) is 12.8. The average molecular weight is 344 g/mol. The summed E-state index contributed by atoms with van der Waals surface area (Å²) in [6.45, 7) is 0. The second-order valence-corrected chi connectivity index (χ2v) is 5.77. The summed E-state index contributed by atoms with van der Waals surface area (Å²) >= 11 is 0. The molecule has 7 heteroatoms. The van der Waals surface area contributed by atoms with Crippen molar-refractivity contribution in [3.63, 3.8) is 0 Å². The second kappa shape index (κ2) is 6.64. The molecule has 26 heavy (non-hydrogen) atoms. The van der Waals surface area contributed by atoms with Crippen molar-refractivity contribution in [3.05, 3.63) is 72.8 Å². The van der Waals surface area contributed by atoms with Gasteiger partial charge >= 0.3 is 0 Å². The maximum absolute atomic E-state index is 12.8. The van der Waals surface area contributed by atoms with Gasteiger partial charge in [-0.3, -0.25) is 14.9 Å². The molecule has 3 heterocycles. The molecular formula is C19H16N6O. The van der Waals surface area contributed by atoms with E-state index in [2.05, 4.69) is 25.5 Å². The number of anilines is 3. The SMILES string of the molecule is CN(c1ccncc1)c1ncccc1C(=O)Nc1ccc2[nH]ncc2c1. The Balaban J connectivity index is 1.63. The lowest BCUT2D eigenvalue weighted by Gasteiger charge is -2.20. The summed E-state index contributed by atoms with van der Waals surface area (Å²) in [5, 5.41) is 10.7. The molecule has 0 saturated carbocycles. The van der Waals surface area contributed by atoms with Crippen LogP contribution in [0.2, 0.25) is 0 Å². The molecule has 0 saturated heterocycles. The van der Waals surface area contributed by atoms with E-state index in [1.807, 2.05) is 42.3 Å². The topological polar surface area (TPSA) is 86.8 Å². The molecule has 0 atom stereocenters. The van der Waals surface area contributed by atoms with E-state index in [1.165, 1.54) is 0 Å². The fourth-order valence-corrected chi connectivity index (χ4v) is 2.75. The van der Waals surface area contributed by atoms with Gasteiger partial charge < -0.3 is 10.2 Å². The van der Waals surface area contributed by atoms with E-state index in [0.29, 0.717) is 17.1 Å². The van der Waals surface area contributed by atoms with Crippen molar-refractivity contribution in [1.82, 2.24) is 20.2 Å². The molecule has 128 valence electrons. The first-order chi connectivity index (χ1) is 12.7. The molecule has 7 nitrogen and oxygen atoms in total. The van der Waals surface area contributed by atoms with Gasteiger partial charge in [0.1, 0.15) is 5.82 Å². The Morgan fingerprint density at radius 1 is 1.12 bits per heavy atom. The number of aromatic amines is 1. The minimum absolute atomic E-state index is 0.225. The first kappa shape index (κ1) is 15.8. The van der Waals surface area contributed by atoms with Crippen molar-refractivity contribution in [1.29, 1.82) is 0 Å². The molecule has 0 spiro atoms. The zero-order valence-electron chi connectivity index (χ0n) is 14.0. The molecule has 0 aliphatic rings. The van der Waals surface area contributed by atoms with E-state index in [1.54, 1.807) is 36.9 Å². The zero-order valence-corrected chi connectivity index (χ0v) is 14.0. The van der Waals surface area contributed by atoms with E-state index >= 15 is 0 Å². The van der Waals surface area contributed by atoms with Crippen LogP contribution in [0.4, 0.5) is 17.2 Å². The summed E-state index contributed by atoms with van der Waals surface area (Å²) in [4.78, 5) is 23.1. The lowest BCUT2D eigenvalue weighted by atomic mass is 10.2. The number of amides is 1. The molecule has 0 fully saturated rings. The number of carbonyl (C=O) groups excluding carboxylic acids is 1. The van der Waals surface area contributed by atoms with Crippen molar-refractivity contribution in [2.45, 2.75) is 0 Å². The summed E-state index contributed by atoms with van der Waals surface area (Å²) in [7, 11) is 1.87. The Morgan fingerprint density at radius 2 is 1.96 bits per heavy atom. The van der Waals surface area contributed by atoms with E-state index in [-0.39, 0.29) is 5.91 Å². The Kier molecular flexibility index (Phi) is 4.03. The van der Waals surface area contributed by atoms with Crippen molar-refractivity contribution in [3.8, 4) is 0 Å². The number of benzene rings is 1. The van der Waals surface area contributed by atoms with Gasteiger partial charge in [0.25, 0.3) is 5.91 Å². The van der Waals surface area contributed by atoms with Crippen LogP contribution in [-0.4, -0.2) is 33.1 Å². The van der Waals surface area contributed by atoms with Crippen molar-refractivity contribution >= 4 is 34.0 Å². The van der Waals surface area contributed by atoms with Gasteiger partial charge in [0.05, 0.1) is 17.3 Å². The number of nitrogens with one attached hydrogen (secondary N) is 2. The van der Waals surface area contributed by atoms with Gasteiger partial charge in [-0.1, -0.05) is 0 Å². The van der Waals surface area contributed by atoms with Gasteiger partial charge in [0, 0.05) is 42.4 Å². The minimum atomic E-state index is -0.225. The van der Waals surface area contributed by atoms with Crippen molar-refractivity contribution in [2.75, 3.05) is 17.3 Å². The fraction of sp³-hybridized carbons (Fsp3) is 0.0526. The first-order valence-electron chi connectivity index (χ1n) is 8.05. The Bertz CT molecular complexity index is 1060. The van der Waals surface area contributed by atoms with E-state index < -0.39 is 0 Å². The number of hydrogen-bond donors (Lipinski definition) is 2. The van der Waals surface area contributed by atoms with E-state index in [4.69, 9.17) is 0 Å². The molecular weight excluding hydrogens is 328 g/mol. The zero-order chi connectivity index (χ0) is 17.9. The van der Waals surface area contributed by atoms with Gasteiger partial charge in [0.2, 0.25) is 0 Å². The highest BCUT2D eigenvalue weighted by molar-refractivity contribution is 6.08. The highest BCUT2D eigenvalue weighted by Crippen LogP contribution is 2.25. The number of hydrogen-bond acceptors (Lipinski definition) is 5. The summed E-state index contributed by atoms with van der Waals surface area (Å²) in [5.74, 6) is 0.345. The molecule has 0 aliphatic carbocycles. The maximum atomic E-state index is 12.8. The number of carbonyl (C=O) groups is 1. The van der Waals surface area contributed by atoms with Crippen LogP contribution in [0.5, 0.6) is 0 Å². The van der Waals surface area contributed by atoms with Crippen LogP contribution in [-0.2, 0) is 0 Å². The second-order valence-electron chi connectivity index (χ2n) is 5.77. The quantitative estimate of drug-likeness (QED) is 0.593. The molecule has 2 N–H and O–H groups in total. The highest BCUT2D eigenvalue weighted by atomic mass is 16.1. The lowest BCUT2D eigenvalue weighted by Crippen LogP contribution is -2.19. The van der Waals surface area contributed by atoms with Crippen LogP contribution in [0, 0.1) is 0 Å². The van der Waals surface area contributed by atoms with Crippen LogP contribution in [0.25, 0.3) is 10.9 Å². The van der Waals surface area contributed by atoms with Crippen LogP contribution in [0.3, 0.4) is 0 Å². The van der Waals surface area contributed by atoms with Crippen LogP contribution in [0.1, 0.15) is 10.4 Å². The number of fused-ring (bicyclic) bond motifs is 1. The third-order valence-electron chi connectivity index (χ3n) is 4.10. The van der Waals surface area contributed by atoms with E-state index in [9.17, 15) is 4.79 Å². The van der Waals surface area contributed by atoms with Gasteiger partial charge in [-0.25, -0.2) is 4.98 Å². The van der Waals surface area contributed by atoms with Crippen LogP contribution < -0.4 is 10.2 Å². The Morgan fingerprint density at radius 3 is 2.81 bits per heavy atom. The van der Waals surface area contributed by atoms with Gasteiger partial charge in [-0.15, -0.1) is 0 Å². The number of pyridine rings is 2. The molecule has 0 aliphatic heterocycles. The predicted octanol–water partition coefficient (Wildman–Crippen LogP) is 3.37. The van der Waals surface area contributed by atoms with E-state index in [0.717, 1.165) is 16.6 Å². The smallest absolute Gasteiger partial charge is 0.259 e. The Labute approximate surface area is 149 Å². The minimum Gasteiger partial charge on any atom is -0.329 e. The molecule has 0 radical (unpaired) electrons. The van der Waals surface area contributed by atoms with Crippen molar-refractivity contribution < 1.29 is 4.79 Å². The maximum Gasteiger partial charge on any atom is 0.259 e. The number of rotatable bonds is 4. The highest BCUT2D eigenvalue weighted by Gasteiger charge is 2.17.